The van der Waals surface area contributed by atoms with Gasteiger partial charge in [-0.15, -0.1) is 48.3 Å². The summed E-state index contributed by atoms with van der Waals surface area (Å²) in [7, 11) is 3.40. The fourth-order valence-electron chi connectivity index (χ4n) is 10.2. The number of likely N-dealkylation sites (N-methyl/N-ethyl adjacent to an activating group) is 2. The van der Waals surface area contributed by atoms with Gasteiger partial charge in [0.2, 0.25) is 35.4 Å². The van der Waals surface area contributed by atoms with Gasteiger partial charge < -0.3 is 51.2 Å². The first kappa shape index (κ1) is 60.5. The molecule has 3 aromatic rings. The molecule has 4 saturated heterocycles. The molecule has 406 valence electrons. The maximum Gasteiger partial charge on any atom is 0.246 e. The molecule has 0 saturated carbocycles. The first-order valence-electron chi connectivity index (χ1n) is 25.2. The summed E-state index contributed by atoms with van der Waals surface area (Å²) in [5.41, 5.74) is 2.56. The first-order chi connectivity index (χ1) is 34.4. The second-order valence-electron chi connectivity index (χ2n) is 20.8. The van der Waals surface area contributed by atoms with Crippen molar-refractivity contribution in [2.75, 3.05) is 38.8 Å². The highest BCUT2D eigenvalue weighted by atomic mass is 35.5. The van der Waals surface area contributed by atoms with Gasteiger partial charge in [0, 0.05) is 0 Å². The molecular formula is C54H76Cl2N8O8S2. The molecule has 0 bridgehead atoms. The van der Waals surface area contributed by atoms with E-state index >= 15 is 0 Å². The maximum absolute atomic E-state index is 14.5. The molecule has 0 aromatic heterocycles. The van der Waals surface area contributed by atoms with Crippen LogP contribution in [-0.2, 0) is 51.5 Å². The number of amides is 6. The van der Waals surface area contributed by atoms with Crippen molar-refractivity contribution in [3.63, 3.8) is 0 Å². The molecule has 0 spiro atoms. The van der Waals surface area contributed by atoms with Crippen LogP contribution in [0.5, 0.6) is 0 Å². The third-order valence-corrected chi connectivity index (χ3v) is 17.0. The quantitative estimate of drug-likeness (QED) is 0.0815. The van der Waals surface area contributed by atoms with Crippen LogP contribution in [0.3, 0.4) is 0 Å². The van der Waals surface area contributed by atoms with Crippen molar-refractivity contribution in [3.05, 3.63) is 107 Å². The summed E-state index contributed by atoms with van der Waals surface area (Å²) in [5, 5.41) is 17.8. The van der Waals surface area contributed by atoms with E-state index in [2.05, 4.69) is 31.9 Å². The number of carbonyl (C=O) groups is 6. The van der Waals surface area contributed by atoms with Crippen molar-refractivity contribution in [3.8, 4) is 0 Å². The zero-order chi connectivity index (χ0) is 51.7. The predicted octanol–water partition coefficient (Wildman–Crippen LogP) is 5.64. The maximum atomic E-state index is 14.5. The van der Waals surface area contributed by atoms with Gasteiger partial charge in [0.1, 0.15) is 24.2 Å². The SMILES string of the molecule is CNC(C)C(=O)N[C@H]1CCS[C@H]2CC(C)(C)[C@@H](C(=O)NC(COCc3ccc(COCC(NC(=O)[C@H]4N5C(=O)[C@@H](NC(=O)C(C)NC)CCS[C@H]5CC4(C)C)c4ccccc4)cc3)c3ccccc3)N2C1=O.Cl.Cl. The standard InChI is InChI=1S/C54H74N8O8S2.2ClH/c1-33(55-7)47(63)57-39-23-25-71-43-27-53(3,4)45(61(43)51(39)67)49(65)59-41(37-15-11-9-12-16-37)31-69-29-35-19-21-36(22-20-35)30-70-32-42(38-17-13-10-14-18-38)60-50(66)46-54(5,6)28-44-62(46)52(68)40(24-26-72-44)58-48(64)34(2)56-8;;/h9-22,33-34,39-46,55-56H,23-32H2,1-8H3,(H,57,63)(H,58,64)(H,59,65)(H,60,66);2*1H/t33?,34?,39-,40-,41?,42?,43-,44-,45+,46+;;/m0../s1. The Labute approximate surface area is 457 Å². The molecule has 7 rings (SSSR count). The second kappa shape index (κ2) is 27.1. The van der Waals surface area contributed by atoms with E-state index in [1.165, 1.54) is 0 Å². The van der Waals surface area contributed by atoms with Gasteiger partial charge in [0.15, 0.2) is 0 Å². The largest absolute Gasteiger partial charge is 0.374 e. The molecule has 4 unspecified atom stereocenters. The molecule has 6 N–H and O–H groups in total. The average molecular weight is 1100 g/mol. The molecule has 0 aliphatic carbocycles. The van der Waals surface area contributed by atoms with E-state index in [0.29, 0.717) is 37.2 Å². The molecule has 4 aliphatic heterocycles. The minimum atomic E-state index is -0.750. The molecule has 0 radical (unpaired) electrons. The lowest BCUT2D eigenvalue weighted by atomic mass is 9.83. The van der Waals surface area contributed by atoms with E-state index in [1.54, 1.807) is 61.3 Å². The Kier molecular flexibility index (Phi) is 22.1. The molecule has 4 aliphatic rings. The van der Waals surface area contributed by atoms with E-state index < -0.39 is 59.2 Å². The number of nitrogens with zero attached hydrogens (tertiary/aromatic N) is 2. The zero-order valence-corrected chi connectivity index (χ0v) is 47.0. The highest BCUT2D eigenvalue weighted by Gasteiger charge is 2.56. The summed E-state index contributed by atoms with van der Waals surface area (Å²) in [5.74, 6) is -0.136. The number of benzene rings is 3. The molecule has 20 heteroatoms. The molecule has 4 fully saturated rings. The van der Waals surface area contributed by atoms with Crippen molar-refractivity contribution in [2.45, 2.75) is 140 Å². The molecule has 4 heterocycles. The summed E-state index contributed by atoms with van der Waals surface area (Å²) in [6.45, 7) is 12.5. The third-order valence-electron chi connectivity index (χ3n) is 14.5. The van der Waals surface area contributed by atoms with Crippen molar-refractivity contribution in [1.29, 1.82) is 0 Å². The summed E-state index contributed by atoms with van der Waals surface area (Å²) < 4.78 is 12.6. The van der Waals surface area contributed by atoms with Gasteiger partial charge in [-0.1, -0.05) is 113 Å². The summed E-state index contributed by atoms with van der Waals surface area (Å²) in [4.78, 5) is 86.4. The van der Waals surface area contributed by atoms with Gasteiger partial charge >= 0.3 is 0 Å². The van der Waals surface area contributed by atoms with Crippen molar-refractivity contribution in [2.24, 2.45) is 10.8 Å². The van der Waals surface area contributed by atoms with Gasteiger partial charge in [0.05, 0.1) is 61.3 Å². The lowest BCUT2D eigenvalue weighted by Gasteiger charge is -2.35. The number of nitrogens with one attached hydrogen (secondary N) is 6. The van der Waals surface area contributed by atoms with Gasteiger partial charge in [-0.3, -0.25) is 28.8 Å². The highest BCUT2D eigenvalue weighted by molar-refractivity contribution is 8.00. The highest BCUT2D eigenvalue weighted by Crippen LogP contribution is 2.48. The fraction of sp³-hybridized carbons (Fsp3) is 0.556. The van der Waals surface area contributed by atoms with E-state index in [-0.39, 0.29) is 97.4 Å². The topological polar surface area (TPSA) is 200 Å². The molecule has 6 amide bonds. The van der Waals surface area contributed by atoms with Gasteiger partial charge in [0.25, 0.3) is 0 Å². The minimum absolute atomic E-state index is 0. The van der Waals surface area contributed by atoms with Crippen molar-refractivity contribution in [1.82, 2.24) is 41.7 Å². The number of rotatable bonds is 20. The Morgan fingerprint density at radius 3 is 1.28 bits per heavy atom. The average Bonchev–Trinajstić information content (AvgIpc) is 3.69. The fourth-order valence-corrected chi connectivity index (χ4v) is 13.3. The van der Waals surface area contributed by atoms with Crippen LogP contribution in [0, 0.1) is 10.8 Å². The van der Waals surface area contributed by atoms with Gasteiger partial charge in [-0.2, -0.15) is 0 Å². The number of hydrogen-bond acceptors (Lipinski definition) is 12. The third kappa shape index (κ3) is 14.5. The van der Waals surface area contributed by atoms with Crippen molar-refractivity contribution >= 4 is 83.8 Å². The van der Waals surface area contributed by atoms with Crippen LogP contribution >= 0.6 is 48.3 Å². The van der Waals surface area contributed by atoms with Gasteiger partial charge in [-0.05, 0) is 98.2 Å². The molecular weight excluding hydrogens is 1020 g/mol. The number of ether oxygens (including phenoxy) is 2. The second-order valence-corrected chi connectivity index (χ2v) is 23.4. The van der Waals surface area contributed by atoms with Crippen LogP contribution in [0.15, 0.2) is 84.9 Å². The molecule has 16 nitrogen and oxygen atoms in total. The number of fused-ring (bicyclic) bond motifs is 2. The lowest BCUT2D eigenvalue weighted by Crippen LogP contribution is -2.58. The molecule has 3 aromatic carbocycles. The predicted molar refractivity (Wildman–Crippen MR) is 296 cm³/mol. The normalized spacial score (nSPS) is 24.5. The summed E-state index contributed by atoms with van der Waals surface area (Å²) in [6.07, 6.45) is 2.27. The Bertz CT molecular complexity index is 2210. The van der Waals surface area contributed by atoms with Crippen LogP contribution in [0.1, 0.15) is 102 Å². The Hall–Kier alpha value is -4.40. The van der Waals surface area contributed by atoms with E-state index in [0.717, 1.165) is 22.3 Å². The molecule has 10 atom stereocenters. The Balaban J connectivity index is 0.00000507. The van der Waals surface area contributed by atoms with Crippen LogP contribution < -0.4 is 31.9 Å². The van der Waals surface area contributed by atoms with E-state index in [1.807, 2.05) is 113 Å². The van der Waals surface area contributed by atoms with E-state index in [4.69, 9.17) is 9.47 Å². The van der Waals surface area contributed by atoms with E-state index in [9.17, 15) is 28.8 Å². The van der Waals surface area contributed by atoms with Crippen LogP contribution in [0.25, 0.3) is 0 Å². The first-order valence-corrected chi connectivity index (χ1v) is 27.3. The number of carbonyl (C=O) groups excluding carboxylic acids is 6. The zero-order valence-electron chi connectivity index (χ0n) is 43.7. The number of halogens is 2. The Morgan fingerprint density at radius 2 is 0.946 bits per heavy atom. The smallest absolute Gasteiger partial charge is 0.246 e. The summed E-state index contributed by atoms with van der Waals surface area (Å²) >= 11 is 3.32. The van der Waals surface area contributed by atoms with Gasteiger partial charge in [-0.25, -0.2) is 0 Å². The number of hydrogen-bond donors (Lipinski definition) is 6. The van der Waals surface area contributed by atoms with Crippen molar-refractivity contribution < 1.29 is 38.2 Å². The van der Waals surface area contributed by atoms with Crippen LogP contribution in [0.2, 0.25) is 0 Å². The van der Waals surface area contributed by atoms with Crippen LogP contribution in [-0.4, -0.2) is 131 Å². The Morgan fingerprint density at radius 1 is 0.595 bits per heavy atom. The monoisotopic (exact) mass is 1100 g/mol. The lowest BCUT2D eigenvalue weighted by molar-refractivity contribution is -0.144. The van der Waals surface area contributed by atoms with Crippen LogP contribution in [0.4, 0.5) is 0 Å². The molecule has 74 heavy (non-hydrogen) atoms. The minimum Gasteiger partial charge on any atom is -0.374 e. The summed E-state index contributed by atoms with van der Waals surface area (Å²) in [6, 6.07) is 22.4. The number of thioether (sulfide) groups is 2.